The van der Waals surface area contributed by atoms with E-state index in [1.807, 2.05) is 45.2 Å². The van der Waals surface area contributed by atoms with Gasteiger partial charge in [0.1, 0.15) is 5.82 Å². The van der Waals surface area contributed by atoms with E-state index in [0.717, 1.165) is 11.4 Å². The van der Waals surface area contributed by atoms with Gasteiger partial charge in [-0.2, -0.15) is 0 Å². The van der Waals surface area contributed by atoms with Crippen molar-refractivity contribution in [3.8, 4) is 0 Å². The Kier molecular flexibility index (Phi) is 4.10. The smallest absolute Gasteiger partial charge is 0.191 e. The van der Waals surface area contributed by atoms with Crippen LogP contribution in [0.1, 0.15) is 5.56 Å². The highest BCUT2D eigenvalue weighted by atomic mass is 15.2. The van der Waals surface area contributed by atoms with E-state index in [4.69, 9.17) is 5.73 Å². The molecule has 0 aromatic carbocycles. The van der Waals surface area contributed by atoms with Crippen LogP contribution in [0.3, 0.4) is 0 Å². The summed E-state index contributed by atoms with van der Waals surface area (Å²) in [6, 6.07) is 3.95. The van der Waals surface area contributed by atoms with Gasteiger partial charge in [-0.15, -0.1) is 0 Å². The minimum atomic E-state index is 0.531. The Morgan fingerprint density at radius 1 is 1.38 bits per heavy atom. The van der Waals surface area contributed by atoms with Crippen molar-refractivity contribution in [1.29, 1.82) is 0 Å². The molecule has 0 unspecified atom stereocenters. The van der Waals surface area contributed by atoms with Crippen molar-refractivity contribution in [3.63, 3.8) is 0 Å². The van der Waals surface area contributed by atoms with Crippen molar-refractivity contribution in [2.45, 2.75) is 6.54 Å². The predicted molar refractivity (Wildman–Crippen MR) is 67.6 cm³/mol. The summed E-state index contributed by atoms with van der Waals surface area (Å²) < 4.78 is 0. The number of nitrogens with two attached hydrogens (primary N) is 1. The first-order chi connectivity index (χ1) is 7.50. The average molecular weight is 221 g/mol. The van der Waals surface area contributed by atoms with Crippen LogP contribution in [0.5, 0.6) is 0 Å². The molecule has 1 heterocycles. The molecule has 1 rings (SSSR count). The van der Waals surface area contributed by atoms with Gasteiger partial charge >= 0.3 is 0 Å². The number of aliphatic imine (C=N–C) groups is 1. The Labute approximate surface area is 96.6 Å². The van der Waals surface area contributed by atoms with Gasteiger partial charge in [-0.3, -0.25) is 0 Å². The first kappa shape index (κ1) is 12.3. The van der Waals surface area contributed by atoms with Crippen LogP contribution in [0.2, 0.25) is 0 Å². The Morgan fingerprint density at radius 3 is 2.62 bits per heavy atom. The summed E-state index contributed by atoms with van der Waals surface area (Å²) in [6.07, 6.45) is 1.78. The van der Waals surface area contributed by atoms with Crippen molar-refractivity contribution in [2.75, 3.05) is 33.1 Å². The Balaban J connectivity index is 2.75. The molecule has 0 spiro atoms. The van der Waals surface area contributed by atoms with E-state index >= 15 is 0 Å². The molecule has 88 valence electrons. The van der Waals surface area contributed by atoms with E-state index in [1.54, 1.807) is 11.1 Å². The first-order valence-electron chi connectivity index (χ1n) is 5.10. The van der Waals surface area contributed by atoms with E-state index in [0.29, 0.717) is 12.5 Å². The summed E-state index contributed by atoms with van der Waals surface area (Å²) in [7, 11) is 7.67. The molecule has 0 amide bonds. The van der Waals surface area contributed by atoms with Gasteiger partial charge in [-0.05, 0) is 17.7 Å². The van der Waals surface area contributed by atoms with Gasteiger partial charge in [-0.1, -0.05) is 0 Å². The molecular formula is C11H19N5. The zero-order valence-corrected chi connectivity index (χ0v) is 10.3. The molecule has 0 fully saturated rings. The number of hydrogen-bond acceptors (Lipinski definition) is 3. The van der Waals surface area contributed by atoms with Crippen LogP contribution < -0.4 is 10.6 Å². The molecular weight excluding hydrogens is 202 g/mol. The van der Waals surface area contributed by atoms with Gasteiger partial charge in [0.25, 0.3) is 0 Å². The fraction of sp³-hybridized carbons (Fsp3) is 0.455. The largest absolute Gasteiger partial charge is 0.370 e. The van der Waals surface area contributed by atoms with Gasteiger partial charge in [-0.25, -0.2) is 9.98 Å². The Hall–Kier alpha value is -1.78. The van der Waals surface area contributed by atoms with Crippen LogP contribution >= 0.6 is 0 Å². The van der Waals surface area contributed by atoms with Crippen LogP contribution in [0.15, 0.2) is 23.3 Å². The van der Waals surface area contributed by atoms with E-state index in [9.17, 15) is 0 Å². The monoisotopic (exact) mass is 221 g/mol. The second kappa shape index (κ2) is 5.34. The zero-order chi connectivity index (χ0) is 12.1. The third-order valence-electron chi connectivity index (χ3n) is 2.15. The molecule has 0 aliphatic heterocycles. The lowest BCUT2D eigenvalue weighted by Gasteiger charge is -2.12. The predicted octanol–water partition coefficient (Wildman–Crippen LogP) is 0.524. The second-order valence-corrected chi connectivity index (χ2v) is 3.99. The standard InChI is InChI=1S/C11H19N5/c1-15(2)10-7-9(5-6-13-10)8-14-11(12)16(3)4/h5-7H,8H2,1-4H3,(H2,12,14). The molecule has 0 saturated carbocycles. The highest BCUT2D eigenvalue weighted by Gasteiger charge is 1.99. The van der Waals surface area contributed by atoms with Gasteiger partial charge in [0.15, 0.2) is 5.96 Å². The molecule has 5 heteroatoms. The maximum Gasteiger partial charge on any atom is 0.191 e. The topological polar surface area (TPSA) is 57.8 Å². The van der Waals surface area contributed by atoms with Crippen molar-refractivity contribution in [3.05, 3.63) is 23.9 Å². The molecule has 0 saturated heterocycles. The van der Waals surface area contributed by atoms with E-state index in [-0.39, 0.29) is 0 Å². The molecule has 1 aromatic rings. The molecule has 0 radical (unpaired) electrons. The van der Waals surface area contributed by atoms with E-state index in [1.165, 1.54) is 0 Å². The summed E-state index contributed by atoms with van der Waals surface area (Å²) in [5.74, 6) is 1.46. The number of nitrogens with zero attached hydrogens (tertiary/aromatic N) is 4. The van der Waals surface area contributed by atoms with E-state index < -0.39 is 0 Å². The number of guanidine groups is 1. The summed E-state index contributed by atoms with van der Waals surface area (Å²) in [5, 5.41) is 0. The molecule has 1 aromatic heterocycles. The summed E-state index contributed by atoms with van der Waals surface area (Å²) >= 11 is 0. The maximum atomic E-state index is 5.71. The summed E-state index contributed by atoms with van der Waals surface area (Å²) in [6.45, 7) is 0.577. The molecule has 0 atom stereocenters. The summed E-state index contributed by atoms with van der Waals surface area (Å²) in [4.78, 5) is 12.3. The lowest BCUT2D eigenvalue weighted by Crippen LogP contribution is -2.30. The second-order valence-electron chi connectivity index (χ2n) is 3.99. The van der Waals surface area contributed by atoms with Crippen molar-refractivity contribution in [2.24, 2.45) is 10.7 Å². The SMILES string of the molecule is CN(C)C(N)=NCc1ccnc(N(C)C)c1. The third kappa shape index (κ3) is 3.42. The fourth-order valence-corrected chi connectivity index (χ4v) is 1.12. The highest BCUT2D eigenvalue weighted by molar-refractivity contribution is 5.77. The number of aromatic nitrogens is 1. The average Bonchev–Trinajstić information content (AvgIpc) is 2.26. The first-order valence-corrected chi connectivity index (χ1v) is 5.10. The minimum absolute atomic E-state index is 0.531. The number of rotatable bonds is 3. The van der Waals surface area contributed by atoms with Crippen LogP contribution in [0, 0.1) is 0 Å². The van der Waals surface area contributed by atoms with Crippen LogP contribution in [-0.2, 0) is 6.54 Å². The molecule has 2 N–H and O–H groups in total. The highest BCUT2D eigenvalue weighted by Crippen LogP contribution is 2.10. The molecule has 5 nitrogen and oxygen atoms in total. The van der Waals surface area contributed by atoms with Gasteiger partial charge in [0.2, 0.25) is 0 Å². The van der Waals surface area contributed by atoms with Crippen molar-refractivity contribution >= 4 is 11.8 Å². The van der Waals surface area contributed by atoms with E-state index in [2.05, 4.69) is 9.98 Å². The molecule has 16 heavy (non-hydrogen) atoms. The Morgan fingerprint density at radius 2 is 2.06 bits per heavy atom. The van der Waals surface area contributed by atoms with Crippen LogP contribution in [0.4, 0.5) is 5.82 Å². The van der Waals surface area contributed by atoms with Crippen molar-refractivity contribution < 1.29 is 0 Å². The normalized spacial score (nSPS) is 11.4. The number of hydrogen-bond donors (Lipinski definition) is 1. The van der Waals surface area contributed by atoms with Crippen LogP contribution in [-0.4, -0.2) is 44.0 Å². The van der Waals surface area contributed by atoms with Crippen molar-refractivity contribution in [1.82, 2.24) is 9.88 Å². The quantitative estimate of drug-likeness (QED) is 0.597. The van der Waals surface area contributed by atoms with Crippen LogP contribution in [0.25, 0.3) is 0 Å². The minimum Gasteiger partial charge on any atom is -0.370 e. The third-order valence-corrected chi connectivity index (χ3v) is 2.15. The lowest BCUT2D eigenvalue weighted by molar-refractivity contribution is 0.609. The van der Waals surface area contributed by atoms with Gasteiger partial charge < -0.3 is 15.5 Å². The van der Waals surface area contributed by atoms with Gasteiger partial charge in [0, 0.05) is 34.4 Å². The Bertz CT molecular complexity index is 370. The summed E-state index contributed by atoms with van der Waals surface area (Å²) in [5.41, 5.74) is 6.81. The number of pyridine rings is 1. The lowest BCUT2D eigenvalue weighted by atomic mass is 10.2. The molecule has 0 bridgehead atoms. The zero-order valence-electron chi connectivity index (χ0n) is 10.3. The number of anilines is 1. The molecule has 0 aliphatic rings. The fourth-order valence-electron chi connectivity index (χ4n) is 1.12. The maximum absolute atomic E-state index is 5.71. The molecule has 0 aliphatic carbocycles. The van der Waals surface area contributed by atoms with Gasteiger partial charge in [0.05, 0.1) is 6.54 Å².